The molecule has 1 aromatic rings. The minimum Gasteiger partial charge on any atom is -0.384 e. The molecule has 16 heavy (non-hydrogen) atoms. The fraction of sp³-hybridized carbons (Fsp3) is 0.455. The lowest BCUT2D eigenvalue weighted by atomic mass is 10.2. The molecule has 84 valence electrons. The Morgan fingerprint density at radius 2 is 2.50 bits per heavy atom. The molecule has 0 amide bonds. The fourth-order valence-corrected chi connectivity index (χ4v) is 1.95. The van der Waals surface area contributed by atoms with E-state index in [0.29, 0.717) is 11.4 Å². The van der Waals surface area contributed by atoms with Crippen molar-refractivity contribution in [3.05, 3.63) is 17.8 Å². The van der Waals surface area contributed by atoms with Crippen LogP contribution in [0.2, 0.25) is 0 Å². The Morgan fingerprint density at radius 3 is 3.12 bits per heavy atom. The smallest absolute Gasteiger partial charge is 0.125 e. The summed E-state index contributed by atoms with van der Waals surface area (Å²) in [6, 6.07) is 3.88. The van der Waals surface area contributed by atoms with Crippen LogP contribution in [0.1, 0.15) is 12.0 Å². The molecule has 5 heteroatoms. The molecule has 2 rings (SSSR count). The summed E-state index contributed by atoms with van der Waals surface area (Å²) in [5.41, 5.74) is 7.06. The molecule has 0 radical (unpaired) electrons. The highest BCUT2D eigenvalue weighted by Crippen LogP contribution is 2.25. The third-order valence-electron chi connectivity index (χ3n) is 2.84. The van der Waals surface area contributed by atoms with Crippen LogP contribution >= 0.6 is 0 Å². The first-order valence-electron chi connectivity index (χ1n) is 5.18. The molecule has 1 aliphatic rings. The number of hydrogen-bond acceptors (Lipinski definition) is 5. The minimum absolute atomic E-state index is 0.237. The van der Waals surface area contributed by atoms with Crippen molar-refractivity contribution in [2.45, 2.75) is 12.5 Å². The first kappa shape index (κ1) is 10.7. The van der Waals surface area contributed by atoms with Gasteiger partial charge in [0.25, 0.3) is 0 Å². The van der Waals surface area contributed by atoms with Gasteiger partial charge < -0.3 is 15.4 Å². The van der Waals surface area contributed by atoms with E-state index in [4.69, 9.17) is 15.7 Å². The summed E-state index contributed by atoms with van der Waals surface area (Å²) in [5.74, 6) is 0.440. The standard InChI is InChI=1S/C11H14N4O/c1-16-9-2-3-15(7-9)10-4-11(13)14-6-8(10)5-12/h4,6,9H,2-3,7H2,1H3,(H2,13,14)/t9-/m0/s1. The largest absolute Gasteiger partial charge is 0.384 e. The number of nitrogens with zero attached hydrogens (tertiary/aromatic N) is 3. The molecule has 2 heterocycles. The molecule has 0 spiro atoms. The quantitative estimate of drug-likeness (QED) is 0.793. The zero-order chi connectivity index (χ0) is 11.5. The van der Waals surface area contributed by atoms with Crippen molar-refractivity contribution < 1.29 is 4.74 Å². The summed E-state index contributed by atoms with van der Waals surface area (Å²) < 4.78 is 5.30. The van der Waals surface area contributed by atoms with Gasteiger partial charge in [0.15, 0.2) is 0 Å². The molecular weight excluding hydrogens is 204 g/mol. The lowest BCUT2D eigenvalue weighted by molar-refractivity contribution is 0.121. The van der Waals surface area contributed by atoms with Gasteiger partial charge in [-0.15, -0.1) is 0 Å². The van der Waals surface area contributed by atoms with Crippen LogP contribution in [0.5, 0.6) is 0 Å². The van der Waals surface area contributed by atoms with Crippen LogP contribution in [-0.2, 0) is 4.74 Å². The number of nitriles is 1. The van der Waals surface area contributed by atoms with Crippen molar-refractivity contribution in [2.75, 3.05) is 30.8 Å². The first-order valence-corrected chi connectivity index (χ1v) is 5.18. The molecule has 0 aromatic carbocycles. The zero-order valence-corrected chi connectivity index (χ0v) is 9.18. The summed E-state index contributed by atoms with van der Waals surface area (Å²) in [6.07, 6.45) is 2.73. The van der Waals surface area contributed by atoms with Crippen LogP contribution in [0.25, 0.3) is 0 Å². The Labute approximate surface area is 94.4 Å². The highest BCUT2D eigenvalue weighted by atomic mass is 16.5. The van der Waals surface area contributed by atoms with Gasteiger partial charge in [-0.1, -0.05) is 0 Å². The molecule has 2 N–H and O–H groups in total. The van der Waals surface area contributed by atoms with E-state index in [1.807, 2.05) is 0 Å². The van der Waals surface area contributed by atoms with Crippen LogP contribution in [0.3, 0.4) is 0 Å². The highest BCUT2D eigenvalue weighted by molar-refractivity contribution is 5.62. The number of nitrogen functional groups attached to an aromatic ring is 1. The maximum absolute atomic E-state index is 9.00. The third-order valence-corrected chi connectivity index (χ3v) is 2.84. The second kappa shape index (κ2) is 4.37. The number of hydrogen-bond donors (Lipinski definition) is 1. The molecule has 1 aromatic heterocycles. The van der Waals surface area contributed by atoms with Gasteiger partial charge in [0, 0.05) is 32.5 Å². The van der Waals surface area contributed by atoms with Gasteiger partial charge in [-0.2, -0.15) is 5.26 Å². The van der Waals surface area contributed by atoms with Crippen molar-refractivity contribution in [3.63, 3.8) is 0 Å². The van der Waals surface area contributed by atoms with E-state index in [1.165, 1.54) is 6.20 Å². The molecule has 5 nitrogen and oxygen atoms in total. The lowest BCUT2D eigenvalue weighted by Crippen LogP contribution is -2.23. The molecule has 1 saturated heterocycles. The SMILES string of the molecule is CO[C@H]1CCN(c2cc(N)ncc2C#N)C1. The van der Waals surface area contributed by atoms with Crippen LogP contribution in [-0.4, -0.2) is 31.3 Å². The van der Waals surface area contributed by atoms with E-state index in [-0.39, 0.29) is 6.10 Å². The second-order valence-electron chi connectivity index (χ2n) is 3.83. The van der Waals surface area contributed by atoms with E-state index >= 15 is 0 Å². The molecule has 0 aliphatic carbocycles. The number of aromatic nitrogens is 1. The van der Waals surface area contributed by atoms with Crippen LogP contribution in [0.4, 0.5) is 11.5 Å². The predicted octanol–water partition coefficient (Wildman–Crippen LogP) is 0.761. The van der Waals surface area contributed by atoms with E-state index < -0.39 is 0 Å². The van der Waals surface area contributed by atoms with Crippen LogP contribution in [0, 0.1) is 11.3 Å². The van der Waals surface area contributed by atoms with Gasteiger partial charge in [-0.05, 0) is 6.42 Å². The normalized spacial score (nSPS) is 19.8. The molecule has 0 saturated carbocycles. The molecule has 1 atom stereocenters. The van der Waals surface area contributed by atoms with Gasteiger partial charge in [0.05, 0.1) is 17.4 Å². The highest BCUT2D eigenvalue weighted by Gasteiger charge is 2.24. The van der Waals surface area contributed by atoms with E-state index in [1.54, 1.807) is 13.2 Å². The fourth-order valence-electron chi connectivity index (χ4n) is 1.95. The molecule has 0 unspecified atom stereocenters. The topological polar surface area (TPSA) is 75.2 Å². The van der Waals surface area contributed by atoms with Crippen LogP contribution in [0.15, 0.2) is 12.3 Å². The zero-order valence-electron chi connectivity index (χ0n) is 9.18. The number of pyridine rings is 1. The van der Waals surface area contributed by atoms with Crippen LogP contribution < -0.4 is 10.6 Å². The summed E-state index contributed by atoms with van der Waals surface area (Å²) in [6.45, 7) is 1.69. The van der Waals surface area contributed by atoms with Crippen molar-refractivity contribution in [1.29, 1.82) is 5.26 Å². The molecule has 0 bridgehead atoms. The van der Waals surface area contributed by atoms with Crippen molar-refractivity contribution >= 4 is 11.5 Å². The van der Waals surface area contributed by atoms with E-state index in [0.717, 1.165) is 25.2 Å². The summed E-state index contributed by atoms with van der Waals surface area (Å²) in [7, 11) is 1.71. The predicted molar refractivity (Wildman–Crippen MR) is 61.0 cm³/mol. The summed E-state index contributed by atoms with van der Waals surface area (Å²) >= 11 is 0. The lowest BCUT2D eigenvalue weighted by Gasteiger charge is -2.19. The Morgan fingerprint density at radius 1 is 1.69 bits per heavy atom. The molecular formula is C11H14N4O. The molecule has 1 fully saturated rings. The van der Waals surface area contributed by atoms with Gasteiger partial charge in [0.2, 0.25) is 0 Å². The van der Waals surface area contributed by atoms with E-state index in [9.17, 15) is 0 Å². The Balaban J connectivity index is 2.27. The third kappa shape index (κ3) is 1.92. The van der Waals surface area contributed by atoms with Gasteiger partial charge in [0.1, 0.15) is 11.9 Å². The second-order valence-corrected chi connectivity index (χ2v) is 3.83. The van der Waals surface area contributed by atoms with Gasteiger partial charge >= 0.3 is 0 Å². The van der Waals surface area contributed by atoms with Gasteiger partial charge in [-0.3, -0.25) is 0 Å². The van der Waals surface area contributed by atoms with Crippen molar-refractivity contribution in [1.82, 2.24) is 4.98 Å². The van der Waals surface area contributed by atoms with Crippen molar-refractivity contribution in [2.24, 2.45) is 0 Å². The van der Waals surface area contributed by atoms with Gasteiger partial charge in [-0.25, -0.2) is 4.98 Å². The summed E-state index contributed by atoms with van der Waals surface area (Å²) in [4.78, 5) is 6.03. The van der Waals surface area contributed by atoms with E-state index in [2.05, 4.69) is 16.0 Å². The maximum Gasteiger partial charge on any atom is 0.125 e. The Bertz CT molecular complexity index is 426. The maximum atomic E-state index is 9.00. The average Bonchev–Trinajstić information content (AvgIpc) is 2.77. The number of anilines is 2. The Kier molecular flexibility index (Phi) is 2.93. The Hall–Kier alpha value is -1.80. The average molecular weight is 218 g/mol. The minimum atomic E-state index is 0.237. The summed E-state index contributed by atoms with van der Waals surface area (Å²) in [5, 5.41) is 9.00. The number of rotatable bonds is 2. The number of ether oxygens (including phenoxy) is 1. The van der Waals surface area contributed by atoms with Crippen molar-refractivity contribution in [3.8, 4) is 6.07 Å². The first-order chi connectivity index (χ1) is 7.74. The number of methoxy groups -OCH3 is 1. The molecule has 1 aliphatic heterocycles. The monoisotopic (exact) mass is 218 g/mol. The number of nitrogens with two attached hydrogens (primary N) is 1.